The summed E-state index contributed by atoms with van der Waals surface area (Å²) in [6, 6.07) is 5.73. The van der Waals surface area contributed by atoms with Crippen molar-refractivity contribution >= 4 is 11.6 Å². The molecule has 0 amide bonds. The van der Waals surface area contributed by atoms with Crippen molar-refractivity contribution in [1.82, 2.24) is 9.55 Å². The van der Waals surface area contributed by atoms with Crippen molar-refractivity contribution in [3.8, 4) is 5.75 Å². The first-order chi connectivity index (χ1) is 9.16. The molecule has 0 aliphatic carbocycles. The van der Waals surface area contributed by atoms with Crippen molar-refractivity contribution in [3.63, 3.8) is 0 Å². The van der Waals surface area contributed by atoms with E-state index in [0.29, 0.717) is 18.1 Å². The molecule has 1 atom stereocenters. The summed E-state index contributed by atoms with van der Waals surface area (Å²) in [5.74, 6) is 0.810. The summed E-state index contributed by atoms with van der Waals surface area (Å²) in [5.41, 5.74) is 6.82. The van der Waals surface area contributed by atoms with Crippen LogP contribution in [-0.4, -0.2) is 22.2 Å². The van der Waals surface area contributed by atoms with E-state index in [9.17, 15) is 0 Å². The van der Waals surface area contributed by atoms with E-state index in [-0.39, 0.29) is 6.04 Å². The zero-order valence-corrected chi connectivity index (χ0v) is 11.7. The molecule has 4 nitrogen and oxygen atoms in total. The lowest BCUT2D eigenvalue weighted by atomic mass is 10.1. The SMILES string of the molecule is CC(N)Cc1c(Cl)cccc1OCCn1ccnc1. The number of nitrogens with zero attached hydrogens (tertiary/aromatic N) is 2. The Morgan fingerprint density at radius 1 is 1.47 bits per heavy atom. The number of hydrogen-bond donors (Lipinski definition) is 1. The molecule has 0 fully saturated rings. The zero-order chi connectivity index (χ0) is 13.7. The highest BCUT2D eigenvalue weighted by Crippen LogP contribution is 2.27. The Bertz CT molecular complexity index is 511. The van der Waals surface area contributed by atoms with Gasteiger partial charge in [-0.15, -0.1) is 0 Å². The van der Waals surface area contributed by atoms with Crippen LogP contribution in [0.4, 0.5) is 0 Å². The van der Waals surface area contributed by atoms with Crippen molar-refractivity contribution in [1.29, 1.82) is 0 Å². The van der Waals surface area contributed by atoms with Crippen molar-refractivity contribution in [2.75, 3.05) is 6.61 Å². The Labute approximate surface area is 118 Å². The lowest BCUT2D eigenvalue weighted by molar-refractivity contribution is 0.295. The van der Waals surface area contributed by atoms with Crippen molar-refractivity contribution in [2.24, 2.45) is 5.73 Å². The number of hydrogen-bond acceptors (Lipinski definition) is 3. The lowest BCUT2D eigenvalue weighted by Crippen LogP contribution is -2.19. The van der Waals surface area contributed by atoms with Crippen molar-refractivity contribution < 1.29 is 4.74 Å². The molecule has 2 aromatic rings. The quantitative estimate of drug-likeness (QED) is 0.884. The molecule has 1 aromatic carbocycles. The minimum atomic E-state index is 0.0518. The first-order valence-electron chi connectivity index (χ1n) is 6.28. The topological polar surface area (TPSA) is 53.1 Å². The van der Waals surface area contributed by atoms with Gasteiger partial charge in [-0.3, -0.25) is 0 Å². The monoisotopic (exact) mass is 279 g/mol. The summed E-state index contributed by atoms with van der Waals surface area (Å²) in [4.78, 5) is 3.99. The van der Waals surface area contributed by atoms with Gasteiger partial charge in [-0.05, 0) is 25.5 Å². The van der Waals surface area contributed by atoms with Crippen LogP contribution in [-0.2, 0) is 13.0 Å². The third-order valence-corrected chi connectivity index (χ3v) is 3.12. The van der Waals surface area contributed by atoms with Crippen LogP contribution in [0, 0.1) is 0 Å². The highest BCUT2D eigenvalue weighted by Gasteiger charge is 2.10. The van der Waals surface area contributed by atoms with Gasteiger partial charge in [0.05, 0.1) is 12.9 Å². The number of nitrogens with two attached hydrogens (primary N) is 1. The number of halogens is 1. The second kappa shape index (κ2) is 6.59. The average molecular weight is 280 g/mol. The van der Waals surface area contributed by atoms with Gasteiger partial charge in [0.1, 0.15) is 12.4 Å². The van der Waals surface area contributed by atoms with Crippen LogP contribution in [0.25, 0.3) is 0 Å². The maximum Gasteiger partial charge on any atom is 0.124 e. The number of benzene rings is 1. The van der Waals surface area contributed by atoms with E-state index >= 15 is 0 Å². The highest BCUT2D eigenvalue weighted by atomic mass is 35.5. The van der Waals surface area contributed by atoms with Crippen LogP contribution in [0.3, 0.4) is 0 Å². The van der Waals surface area contributed by atoms with Crippen LogP contribution < -0.4 is 10.5 Å². The molecule has 0 aliphatic rings. The normalized spacial score (nSPS) is 12.4. The van der Waals surface area contributed by atoms with Crippen LogP contribution in [0.2, 0.25) is 5.02 Å². The van der Waals surface area contributed by atoms with Gasteiger partial charge in [0.25, 0.3) is 0 Å². The third-order valence-electron chi connectivity index (χ3n) is 2.77. The van der Waals surface area contributed by atoms with E-state index in [1.807, 2.05) is 35.9 Å². The Hall–Kier alpha value is -1.52. The maximum absolute atomic E-state index is 6.20. The molecule has 0 saturated carbocycles. The minimum Gasteiger partial charge on any atom is -0.491 e. The predicted octanol–water partition coefficient (Wildman–Crippen LogP) is 2.51. The van der Waals surface area contributed by atoms with Crippen LogP contribution in [0.15, 0.2) is 36.9 Å². The fourth-order valence-electron chi connectivity index (χ4n) is 1.87. The highest BCUT2D eigenvalue weighted by molar-refractivity contribution is 6.31. The molecule has 5 heteroatoms. The largest absolute Gasteiger partial charge is 0.491 e. The average Bonchev–Trinajstić information content (AvgIpc) is 2.86. The Balaban J connectivity index is 2.00. The summed E-state index contributed by atoms with van der Waals surface area (Å²) in [6.07, 6.45) is 6.13. The van der Waals surface area contributed by atoms with Gasteiger partial charge in [-0.2, -0.15) is 0 Å². The van der Waals surface area contributed by atoms with Crippen LogP contribution in [0.1, 0.15) is 12.5 Å². The van der Waals surface area contributed by atoms with Gasteiger partial charge in [0.15, 0.2) is 0 Å². The molecular formula is C14H18ClN3O. The number of rotatable bonds is 6. The first kappa shape index (κ1) is 13.9. The molecule has 19 heavy (non-hydrogen) atoms. The summed E-state index contributed by atoms with van der Waals surface area (Å²) in [6.45, 7) is 3.28. The molecule has 102 valence electrons. The van der Waals surface area contributed by atoms with Gasteiger partial charge >= 0.3 is 0 Å². The lowest BCUT2D eigenvalue weighted by Gasteiger charge is -2.14. The third kappa shape index (κ3) is 3.98. The van der Waals surface area contributed by atoms with E-state index < -0.39 is 0 Å². The Kier molecular flexibility index (Phi) is 4.82. The molecule has 2 N–H and O–H groups in total. The van der Waals surface area contributed by atoms with Crippen LogP contribution >= 0.6 is 11.6 Å². The molecule has 1 unspecified atom stereocenters. The molecule has 0 spiro atoms. The number of imidazole rings is 1. The molecule has 0 saturated heterocycles. The summed E-state index contributed by atoms with van der Waals surface area (Å²) in [5, 5.41) is 0.706. The second-order valence-electron chi connectivity index (χ2n) is 4.55. The second-order valence-corrected chi connectivity index (χ2v) is 4.95. The molecule has 1 aromatic heterocycles. The van der Waals surface area contributed by atoms with Crippen molar-refractivity contribution in [2.45, 2.75) is 25.9 Å². The molecule has 0 radical (unpaired) electrons. The van der Waals surface area contributed by atoms with E-state index in [0.717, 1.165) is 17.9 Å². The van der Waals surface area contributed by atoms with E-state index in [2.05, 4.69) is 4.98 Å². The molecular weight excluding hydrogens is 262 g/mol. The summed E-state index contributed by atoms with van der Waals surface area (Å²) >= 11 is 6.20. The minimum absolute atomic E-state index is 0.0518. The first-order valence-corrected chi connectivity index (χ1v) is 6.66. The van der Waals surface area contributed by atoms with Gasteiger partial charge < -0.3 is 15.0 Å². The number of aromatic nitrogens is 2. The molecule has 1 heterocycles. The fraction of sp³-hybridized carbons (Fsp3) is 0.357. The van der Waals surface area contributed by atoms with E-state index in [4.69, 9.17) is 22.1 Å². The smallest absolute Gasteiger partial charge is 0.124 e. The number of ether oxygens (including phenoxy) is 1. The predicted molar refractivity (Wildman–Crippen MR) is 76.5 cm³/mol. The Morgan fingerprint density at radius 2 is 2.32 bits per heavy atom. The summed E-state index contributed by atoms with van der Waals surface area (Å²) < 4.78 is 7.77. The van der Waals surface area contributed by atoms with Gasteiger partial charge in [-0.1, -0.05) is 17.7 Å². The fourth-order valence-corrected chi connectivity index (χ4v) is 2.12. The molecule has 2 rings (SSSR count). The van der Waals surface area contributed by atoms with Gasteiger partial charge in [0, 0.05) is 29.0 Å². The standard InChI is InChI=1S/C14H18ClN3O/c1-11(16)9-12-13(15)3-2-4-14(12)19-8-7-18-6-5-17-10-18/h2-6,10-11H,7-9,16H2,1H3. The van der Waals surface area contributed by atoms with Crippen LogP contribution in [0.5, 0.6) is 5.75 Å². The zero-order valence-electron chi connectivity index (χ0n) is 10.9. The van der Waals surface area contributed by atoms with Gasteiger partial charge in [0.2, 0.25) is 0 Å². The Morgan fingerprint density at radius 3 is 3.00 bits per heavy atom. The van der Waals surface area contributed by atoms with Gasteiger partial charge in [-0.25, -0.2) is 4.98 Å². The van der Waals surface area contributed by atoms with E-state index in [1.54, 1.807) is 12.5 Å². The summed E-state index contributed by atoms with van der Waals surface area (Å²) in [7, 11) is 0. The maximum atomic E-state index is 6.20. The molecule has 0 bridgehead atoms. The molecule has 0 aliphatic heterocycles. The van der Waals surface area contributed by atoms with Crippen molar-refractivity contribution in [3.05, 3.63) is 47.5 Å². The van der Waals surface area contributed by atoms with E-state index in [1.165, 1.54) is 0 Å².